The SMILES string of the molecule is C=C(C)C(=C)N1CCCC1. The van der Waals surface area contributed by atoms with Gasteiger partial charge in [0.15, 0.2) is 0 Å². The second kappa shape index (κ2) is 2.91. The minimum Gasteiger partial charge on any atom is -0.372 e. The van der Waals surface area contributed by atoms with Crippen LogP contribution in [0.1, 0.15) is 19.8 Å². The maximum atomic E-state index is 3.96. The van der Waals surface area contributed by atoms with Crippen LogP contribution in [0.3, 0.4) is 0 Å². The van der Waals surface area contributed by atoms with Crippen LogP contribution in [0, 0.1) is 0 Å². The highest BCUT2D eigenvalue weighted by Gasteiger charge is 2.12. The molecule has 0 aromatic heterocycles. The van der Waals surface area contributed by atoms with E-state index in [1.165, 1.54) is 25.9 Å². The Kier molecular flexibility index (Phi) is 2.15. The van der Waals surface area contributed by atoms with E-state index in [1.54, 1.807) is 0 Å². The highest BCUT2D eigenvalue weighted by atomic mass is 15.1. The predicted molar refractivity (Wildman–Crippen MR) is 44.8 cm³/mol. The second-order valence-corrected chi connectivity index (χ2v) is 2.92. The van der Waals surface area contributed by atoms with Crippen molar-refractivity contribution in [3.05, 3.63) is 24.4 Å². The van der Waals surface area contributed by atoms with Crippen LogP contribution < -0.4 is 0 Å². The summed E-state index contributed by atoms with van der Waals surface area (Å²) in [6.07, 6.45) is 2.62. The standard InChI is InChI=1S/C9H15N/c1-8(2)9(3)10-6-4-5-7-10/h1,3-7H2,2H3. The lowest BCUT2D eigenvalue weighted by molar-refractivity contribution is 0.436. The molecule has 0 atom stereocenters. The van der Waals surface area contributed by atoms with Crippen LogP contribution in [0.25, 0.3) is 0 Å². The van der Waals surface area contributed by atoms with E-state index < -0.39 is 0 Å². The van der Waals surface area contributed by atoms with Gasteiger partial charge in [0.2, 0.25) is 0 Å². The van der Waals surface area contributed by atoms with E-state index in [1.807, 2.05) is 6.92 Å². The van der Waals surface area contributed by atoms with Crippen molar-refractivity contribution in [3.63, 3.8) is 0 Å². The molecule has 1 rings (SSSR count). The number of hydrogen-bond donors (Lipinski definition) is 0. The number of rotatable bonds is 2. The predicted octanol–water partition coefficient (Wildman–Crippen LogP) is 2.17. The first-order valence-electron chi connectivity index (χ1n) is 3.81. The minimum atomic E-state index is 1.10. The average Bonchev–Trinajstić information content (AvgIpc) is 2.36. The minimum absolute atomic E-state index is 1.10. The molecule has 10 heavy (non-hydrogen) atoms. The fourth-order valence-corrected chi connectivity index (χ4v) is 1.26. The third-order valence-corrected chi connectivity index (χ3v) is 1.98. The van der Waals surface area contributed by atoms with Crippen LogP contribution in [0.15, 0.2) is 24.4 Å². The molecule has 0 bridgehead atoms. The van der Waals surface area contributed by atoms with Gasteiger partial charge in [0, 0.05) is 18.8 Å². The Bertz CT molecular complexity index is 152. The highest BCUT2D eigenvalue weighted by molar-refractivity contribution is 5.21. The third kappa shape index (κ3) is 1.41. The molecule has 1 nitrogen and oxygen atoms in total. The van der Waals surface area contributed by atoms with Gasteiger partial charge in [-0.1, -0.05) is 13.2 Å². The summed E-state index contributed by atoms with van der Waals surface area (Å²) in [5.41, 5.74) is 2.22. The Labute approximate surface area is 63.0 Å². The van der Waals surface area contributed by atoms with Crippen LogP contribution in [0.4, 0.5) is 0 Å². The zero-order valence-corrected chi connectivity index (χ0v) is 6.69. The van der Waals surface area contributed by atoms with Gasteiger partial charge in [-0.15, -0.1) is 0 Å². The van der Waals surface area contributed by atoms with Crippen LogP contribution in [-0.4, -0.2) is 18.0 Å². The number of hydrogen-bond acceptors (Lipinski definition) is 1. The van der Waals surface area contributed by atoms with Crippen LogP contribution in [0.5, 0.6) is 0 Å². The summed E-state index contributed by atoms with van der Waals surface area (Å²) in [7, 11) is 0. The van der Waals surface area contributed by atoms with Gasteiger partial charge in [-0.25, -0.2) is 0 Å². The van der Waals surface area contributed by atoms with E-state index in [2.05, 4.69) is 18.1 Å². The third-order valence-electron chi connectivity index (χ3n) is 1.98. The molecule has 0 amide bonds. The molecule has 1 fully saturated rings. The van der Waals surface area contributed by atoms with Crippen molar-refractivity contribution in [2.24, 2.45) is 0 Å². The van der Waals surface area contributed by atoms with Gasteiger partial charge in [0.25, 0.3) is 0 Å². The van der Waals surface area contributed by atoms with Crippen LogP contribution in [0.2, 0.25) is 0 Å². The van der Waals surface area contributed by atoms with E-state index in [0.29, 0.717) is 0 Å². The van der Waals surface area contributed by atoms with Crippen LogP contribution in [-0.2, 0) is 0 Å². The smallest absolute Gasteiger partial charge is 0.0316 e. The molecule has 0 aliphatic carbocycles. The Morgan fingerprint density at radius 2 is 1.70 bits per heavy atom. The summed E-state index contributed by atoms with van der Waals surface area (Å²) in [6.45, 7) is 12.2. The quantitative estimate of drug-likeness (QED) is 0.527. The molecule has 1 aliphatic heterocycles. The van der Waals surface area contributed by atoms with Gasteiger partial charge in [0.05, 0.1) is 0 Å². The molecule has 0 aromatic carbocycles. The Hall–Kier alpha value is -0.720. The van der Waals surface area contributed by atoms with Crippen molar-refractivity contribution in [2.75, 3.05) is 13.1 Å². The van der Waals surface area contributed by atoms with E-state index in [0.717, 1.165) is 11.3 Å². The largest absolute Gasteiger partial charge is 0.372 e. The summed E-state index contributed by atoms with van der Waals surface area (Å²) < 4.78 is 0. The first-order valence-corrected chi connectivity index (χ1v) is 3.81. The lowest BCUT2D eigenvalue weighted by Crippen LogP contribution is -2.17. The molecule has 1 saturated heterocycles. The first kappa shape index (κ1) is 7.39. The van der Waals surface area contributed by atoms with Crippen molar-refractivity contribution in [2.45, 2.75) is 19.8 Å². The highest BCUT2D eigenvalue weighted by Crippen LogP contribution is 2.17. The van der Waals surface area contributed by atoms with Gasteiger partial charge >= 0.3 is 0 Å². The van der Waals surface area contributed by atoms with E-state index >= 15 is 0 Å². The van der Waals surface area contributed by atoms with Crippen molar-refractivity contribution < 1.29 is 0 Å². The molecule has 0 unspecified atom stereocenters. The Balaban J connectivity index is 2.48. The first-order chi connectivity index (χ1) is 4.72. The summed E-state index contributed by atoms with van der Waals surface area (Å²) in [6, 6.07) is 0. The molecule has 56 valence electrons. The zero-order valence-electron chi connectivity index (χ0n) is 6.69. The van der Waals surface area contributed by atoms with Gasteiger partial charge in [-0.2, -0.15) is 0 Å². The van der Waals surface area contributed by atoms with Gasteiger partial charge in [-0.3, -0.25) is 0 Å². The fraction of sp³-hybridized carbons (Fsp3) is 0.556. The molecule has 1 aliphatic rings. The van der Waals surface area contributed by atoms with E-state index in [4.69, 9.17) is 0 Å². The monoisotopic (exact) mass is 137 g/mol. The number of allylic oxidation sites excluding steroid dienone is 1. The topological polar surface area (TPSA) is 3.24 Å². The van der Waals surface area contributed by atoms with Gasteiger partial charge in [0.1, 0.15) is 0 Å². The second-order valence-electron chi connectivity index (χ2n) is 2.92. The Morgan fingerprint density at radius 3 is 2.10 bits per heavy atom. The van der Waals surface area contributed by atoms with Crippen molar-refractivity contribution in [1.82, 2.24) is 4.90 Å². The van der Waals surface area contributed by atoms with Crippen molar-refractivity contribution in [1.29, 1.82) is 0 Å². The maximum absolute atomic E-state index is 3.96. The van der Waals surface area contributed by atoms with Gasteiger partial charge < -0.3 is 4.90 Å². The molecule has 0 spiro atoms. The molecular weight excluding hydrogens is 122 g/mol. The number of likely N-dealkylation sites (tertiary alicyclic amines) is 1. The fourth-order valence-electron chi connectivity index (χ4n) is 1.26. The van der Waals surface area contributed by atoms with Crippen molar-refractivity contribution in [3.8, 4) is 0 Å². The van der Waals surface area contributed by atoms with Crippen molar-refractivity contribution >= 4 is 0 Å². The summed E-state index contributed by atoms with van der Waals surface area (Å²) in [5, 5.41) is 0. The Morgan fingerprint density at radius 1 is 1.20 bits per heavy atom. The molecular formula is C9H15N. The van der Waals surface area contributed by atoms with E-state index in [9.17, 15) is 0 Å². The average molecular weight is 137 g/mol. The summed E-state index contributed by atoms with van der Waals surface area (Å²) in [5.74, 6) is 0. The van der Waals surface area contributed by atoms with Gasteiger partial charge in [-0.05, 0) is 25.3 Å². The maximum Gasteiger partial charge on any atom is 0.0316 e. The molecule has 0 radical (unpaired) electrons. The molecule has 0 saturated carbocycles. The van der Waals surface area contributed by atoms with E-state index in [-0.39, 0.29) is 0 Å². The summed E-state index contributed by atoms with van der Waals surface area (Å²) in [4.78, 5) is 2.31. The number of nitrogens with zero attached hydrogens (tertiary/aromatic N) is 1. The lowest BCUT2D eigenvalue weighted by atomic mass is 10.2. The molecule has 1 heterocycles. The molecule has 1 heteroatoms. The summed E-state index contributed by atoms with van der Waals surface area (Å²) >= 11 is 0. The zero-order chi connectivity index (χ0) is 7.56. The van der Waals surface area contributed by atoms with Crippen LogP contribution >= 0.6 is 0 Å². The molecule has 0 N–H and O–H groups in total. The molecule has 0 aromatic rings. The lowest BCUT2D eigenvalue weighted by Gasteiger charge is -2.19. The normalized spacial score (nSPS) is 17.5.